The normalized spacial score (nSPS) is 16.2. The Bertz CT molecular complexity index is 401. The van der Waals surface area contributed by atoms with E-state index < -0.39 is 17.5 Å². The summed E-state index contributed by atoms with van der Waals surface area (Å²) in [5, 5.41) is 20.0. The summed E-state index contributed by atoms with van der Waals surface area (Å²) in [6.07, 6.45) is 1.10. The Labute approximate surface area is 106 Å². The number of hydrogen-bond acceptors (Lipinski definition) is 2. The van der Waals surface area contributed by atoms with E-state index in [2.05, 4.69) is 0 Å². The van der Waals surface area contributed by atoms with Crippen LogP contribution >= 0.6 is 11.6 Å². The van der Waals surface area contributed by atoms with Crippen LogP contribution in [0.4, 0.5) is 0 Å². The summed E-state index contributed by atoms with van der Waals surface area (Å²) in [6, 6.07) is 6.79. The van der Waals surface area contributed by atoms with Crippen LogP contribution in [0.3, 0.4) is 0 Å². The molecule has 0 aliphatic heterocycles. The molecule has 0 bridgehead atoms. The van der Waals surface area contributed by atoms with E-state index in [1.54, 1.807) is 24.3 Å². The summed E-state index contributed by atoms with van der Waals surface area (Å²) in [6.45, 7) is 3.39. The molecule has 0 aromatic heterocycles. The van der Waals surface area contributed by atoms with Crippen LogP contribution in [0.5, 0.6) is 0 Å². The molecule has 0 fully saturated rings. The minimum atomic E-state index is -1.46. The van der Waals surface area contributed by atoms with Crippen LogP contribution in [-0.2, 0) is 10.4 Å². The first-order chi connectivity index (χ1) is 7.91. The highest BCUT2D eigenvalue weighted by molar-refractivity contribution is 6.31. The van der Waals surface area contributed by atoms with E-state index in [1.165, 1.54) is 6.92 Å². The number of aliphatic carboxylic acids is 1. The number of halogens is 1. The van der Waals surface area contributed by atoms with Crippen molar-refractivity contribution in [3.05, 3.63) is 34.9 Å². The molecule has 0 radical (unpaired) electrons. The molecule has 2 N–H and O–H groups in total. The van der Waals surface area contributed by atoms with E-state index in [4.69, 9.17) is 11.6 Å². The monoisotopic (exact) mass is 256 g/mol. The molecule has 0 saturated carbocycles. The van der Waals surface area contributed by atoms with Crippen molar-refractivity contribution in [1.29, 1.82) is 0 Å². The van der Waals surface area contributed by atoms with Crippen molar-refractivity contribution in [3.63, 3.8) is 0 Å². The Balaban J connectivity index is 3.16. The molecule has 2 unspecified atom stereocenters. The van der Waals surface area contributed by atoms with Gasteiger partial charge in [0.2, 0.25) is 0 Å². The van der Waals surface area contributed by atoms with Crippen LogP contribution in [-0.4, -0.2) is 16.2 Å². The van der Waals surface area contributed by atoms with Gasteiger partial charge in [0.1, 0.15) is 5.60 Å². The SMILES string of the molecule is CCCC(C(=O)O)C(C)(O)c1ccccc1Cl. The first kappa shape index (κ1) is 14.0. The van der Waals surface area contributed by atoms with Gasteiger partial charge in [0.25, 0.3) is 0 Å². The maximum atomic E-state index is 11.2. The van der Waals surface area contributed by atoms with Gasteiger partial charge in [0.15, 0.2) is 0 Å². The van der Waals surface area contributed by atoms with Gasteiger partial charge in [-0.1, -0.05) is 43.1 Å². The minimum absolute atomic E-state index is 0.389. The minimum Gasteiger partial charge on any atom is -0.481 e. The summed E-state index contributed by atoms with van der Waals surface area (Å²) in [7, 11) is 0. The van der Waals surface area contributed by atoms with Gasteiger partial charge in [-0.2, -0.15) is 0 Å². The fourth-order valence-corrected chi connectivity index (χ4v) is 2.32. The standard InChI is InChI=1S/C13H17ClO3/c1-3-6-10(12(15)16)13(2,17)9-7-4-5-8-11(9)14/h4-5,7-8,10,17H,3,6H2,1-2H3,(H,15,16). The molecule has 0 heterocycles. The molecule has 1 aromatic rings. The number of rotatable bonds is 5. The van der Waals surface area contributed by atoms with Crippen molar-refractivity contribution in [3.8, 4) is 0 Å². The maximum absolute atomic E-state index is 11.2. The van der Waals surface area contributed by atoms with Crippen LogP contribution in [0, 0.1) is 5.92 Å². The fraction of sp³-hybridized carbons (Fsp3) is 0.462. The second kappa shape index (κ2) is 5.52. The lowest BCUT2D eigenvalue weighted by Gasteiger charge is -2.31. The van der Waals surface area contributed by atoms with Crippen LogP contribution in [0.15, 0.2) is 24.3 Å². The highest BCUT2D eigenvalue weighted by atomic mass is 35.5. The van der Waals surface area contributed by atoms with E-state index in [1.807, 2.05) is 6.92 Å². The number of aliphatic hydroxyl groups is 1. The molecule has 0 aliphatic carbocycles. The Morgan fingerprint density at radius 1 is 1.47 bits per heavy atom. The van der Waals surface area contributed by atoms with Gasteiger partial charge in [0, 0.05) is 10.6 Å². The molecular weight excluding hydrogens is 240 g/mol. The average molecular weight is 257 g/mol. The molecule has 2 atom stereocenters. The average Bonchev–Trinajstić information content (AvgIpc) is 2.25. The second-order valence-corrected chi connectivity index (χ2v) is 4.71. The molecule has 1 aromatic carbocycles. The molecule has 17 heavy (non-hydrogen) atoms. The first-order valence-corrected chi connectivity index (χ1v) is 5.99. The molecular formula is C13H17ClO3. The molecule has 0 saturated heterocycles. The van der Waals surface area contributed by atoms with Gasteiger partial charge in [0.05, 0.1) is 5.92 Å². The van der Waals surface area contributed by atoms with Gasteiger partial charge in [-0.05, 0) is 19.4 Å². The number of carboxylic acid groups (broad SMARTS) is 1. The summed E-state index contributed by atoms with van der Waals surface area (Å²) < 4.78 is 0. The van der Waals surface area contributed by atoms with Gasteiger partial charge >= 0.3 is 5.97 Å². The predicted octanol–water partition coefficient (Wildman–Crippen LogP) is 3.05. The zero-order valence-electron chi connectivity index (χ0n) is 9.98. The van der Waals surface area contributed by atoms with Crippen molar-refractivity contribution in [2.45, 2.75) is 32.3 Å². The molecule has 3 nitrogen and oxygen atoms in total. The Morgan fingerprint density at radius 3 is 2.53 bits per heavy atom. The fourth-order valence-electron chi connectivity index (χ4n) is 1.99. The van der Waals surface area contributed by atoms with Crippen molar-refractivity contribution in [2.24, 2.45) is 5.92 Å². The van der Waals surface area contributed by atoms with Crippen molar-refractivity contribution in [2.75, 3.05) is 0 Å². The molecule has 1 rings (SSSR count). The Hall–Kier alpha value is -1.06. The van der Waals surface area contributed by atoms with E-state index >= 15 is 0 Å². The Kier molecular flexibility index (Phi) is 4.54. The molecule has 0 spiro atoms. The van der Waals surface area contributed by atoms with Crippen LogP contribution in [0.2, 0.25) is 5.02 Å². The number of hydrogen-bond donors (Lipinski definition) is 2. The number of carbonyl (C=O) groups is 1. The molecule has 94 valence electrons. The second-order valence-electron chi connectivity index (χ2n) is 4.31. The summed E-state index contributed by atoms with van der Waals surface area (Å²) in [4.78, 5) is 11.2. The van der Waals surface area contributed by atoms with E-state index in [-0.39, 0.29) is 0 Å². The van der Waals surface area contributed by atoms with Gasteiger partial charge in [-0.3, -0.25) is 4.79 Å². The van der Waals surface area contributed by atoms with E-state index in [0.29, 0.717) is 23.4 Å². The summed E-state index contributed by atoms with van der Waals surface area (Å²) in [5.41, 5.74) is -0.997. The van der Waals surface area contributed by atoms with Crippen molar-refractivity contribution in [1.82, 2.24) is 0 Å². The lowest BCUT2D eigenvalue weighted by atomic mass is 9.80. The third kappa shape index (κ3) is 2.99. The zero-order valence-corrected chi connectivity index (χ0v) is 10.7. The highest BCUT2D eigenvalue weighted by Crippen LogP contribution is 2.36. The van der Waals surface area contributed by atoms with Crippen molar-refractivity contribution < 1.29 is 15.0 Å². The molecule has 0 aliphatic rings. The highest BCUT2D eigenvalue weighted by Gasteiger charge is 2.39. The van der Waals surface area contributed by atoms with Crippen molar-refractivity contribution >= 4 is 17.6 Å². The number of benzene rings is 1. The third-order valence-electron chi connectivity index (χ3n) is 2.97. The zero-order chi connectivity index (χ0) is 13.1. The largest absolute Gasteiger partial charge is 0.481 e. The third-order valence-corrected chi connectivity index (χ3v) is 3.30. The first-order valence-electron chi connectivity index (χ1n) is 5.61. The molecule has 0 amide bonds. The van der Waals surface area contributed by atoms with E-state index in [9.17, 15) is 15.0 Å². The number of carboxylic acids is 1. The predicted molar refractivity (Wildman–Crippen MR) is 67.1 cm³/mol. The van der Waals surface area contributed by atoms with Crippen LogP contribution in [0.1, 0.15) is 32.3 Å². The quantitative estimate of drug-likeness (QED) is 0.851. The maximum Gasteiger partial charge on any atom is 0.309 e. The lowest BCUT2D eigenvalue weighted by Crippen LogP contribution is -2.37. The van der Waals surface area contributed by atoms with Gasteiger partial charge < -0.3 is 10.2 Å². The van der Waals surface area contributed by atoms with Crippen LogP contribution < -0.4 is 0 Å². The van der Waals surface area contributed by atoms with Gasteiger partial charge in [-0.25, -0.2) is 0 Å². The summed E-state index contributed by atoms with van der Waals surface area (Å²) >= 11 is 6.00. The smallest absolute Gasteiger partial charge is 0.309 e. The van der Waals surface area contributed by atoms with Gasteiger partial charge in [-0.15, -0.1) is 0 Å². The Morgan fingerprint density at radius 2 is 2.06 bits per heavy atom. The van der Waals surface area contributed by atoms with E-state index in [0.717, 1.165) is 0 Å². The van der Waals surface area contributed by atoms with Crippen LogP contribution in [0.25, 0.3) is 0 Å². The lowest BCUT2D eigenvalue weighted by molar-refractivity contribution is -0.152. The topological polar surface area (TPSA) is 57.5 Å². The molecule has 4 heteroatoms. The summed E-state index contributed by atoms with van der Waals surface area (Å²) in [5.74, 6) is -1.86.